The predicted octanol–water partition coefficient (Wildman–Crippen LogP) is 17.6. The van der Waals surface area contributed by atoms with Crippen LogP contribution in [0.1, 0.15) is 285 Å². The normalized spacial score (nSPS) is 47.4. The van der Waals surface area contributed by atoms with Gasteiger partial charge in [-0.1, -0.05) is 92.4 Å². The number of aromatic nitrogens is 6. The van der Waals surface area contributed by atoms with Gasteiger partial charge < -0.3 is 15.3 Å². The number of hydrogen-bond donors (Lipinski definition) is 3. The van der Waals surface area contributed by atoms with E-state index < -0.39 is 16.8 Å². The second-order valence-electron chi connectivity index (χ2n) is 34.0. The number of rotatable bonds is 11. The van der Waals surface area contributed by atoms with Gasteiger partial charge in [0.25, 0.3) is 0 Å². The monoisotopic (exact) mass is 1310 g/mol. The number of hydrogen-bond acceptors (Lipinski definition) is 10. The molecule has 512 valence electrons. The van der Waals surface area contributed by atoms with E-state index in [9.17, 15) is 29.7 Å². The van der Waals surface area contributed by atoms with Crippen molar-refractivity contribution in [2.75, 3.05) is 5.33 Å². The zero-order valence-corrected chi connectivity index (χ0v) is 56.5. The summed E-state index contributed by atoms with van der Waals surface area (Å²) in [4.78, 5) is 40.6. The van der Waals surface area contributed by atoms with E-state index >= 15 is 0 Å². The lowest BCUT2D eigenvalue weighted by Crippen LogP contribution is -2.56. The van der Waals surface area contributed by atoms with E-state index in [4.69, 9.17) is 0 Å². The Morgan fingerprint density at radius 2 is 0.778 bits per heavy atom. The number of alkyl halides is 1. The number of nitrogens with zero attached hydrogens (tertiary/aromatic N) is 6. The molecule has 12 fully saturated rings. The Labute approximate surface area is 555 Å². The summed E-state index contributed by atoms with van der Waals surface area (Å²) in [6.07, 6.45) is 42.2. The summed E-state index contributed by atoms with van der Waals surface area (Å²) in [5, 5.41) is 49.0. The molecule has 0 bridgehead atoms. The van der Waals surface area contributed by atoms with Gasteiger partial charge in [-0.15, -0.1) is 5.10 Å². The summed E-state index contributed by atoms with van der Waals surface area (Å²) >= 11 is 3.44. The number of halogens is 1. The summed E-state index contributed by atoms with van der Waals surface area (Å²) < 4.78 is 1.69. The van der Waals surface area contributed by atoms with Gasteiger partial charge in [0.1, 0.15) is 18.9 Å². The molecular formula is C77H131BrN6O6. The quantitative estimate of drug-likeness (QED) is 0.184. The SMILES string of the molecule is C.C.C.C.CC[C@]12CC[C@@](C)(O)C[C@@H]1CC[C@H]1[C@@H]3CC[C@H](C(=O)CBr)[C@@]3(C)CC[C@@H]12.CC[C@]12CC[C@@](C)(O)C[C@@H]1CC[C@H]1[C@@H]3CC[C@H](C(=O)Cn4ccnn4)[C@@]3(C)CC[C@@H]12.CC[C@]12CC[C@@](C)(O)C[C@@H]1CC[C@H]1[C@@H]3CC[C@H](C(=O)Cn4nccn4)[C@@]3(C)CC[C@@H]12. The van der Waals surface area contributed by atoms with Crippen molar-refractivity contribution in [1.82, 2.24) is 30.0 Å². The van der Waals surface area contributed by atoms with Crippen molar-refractivity contribution in [3.8, 4) is 0 Å². The van der Waals surface area contributed by atoms with Crippen LogP contribution in [0.3, 0.4) is 0 Å². The van der Waals surface area contributed by atoms with Gasteiger partial charge in [0.05, 0.1) is 40.7 Å². The van der Waals surface area contributed by atoms with Crippen molar-refractivity contribution in [2.24, 2.45) is 121 Å². The third-order valence-electron chi connectivity index (χ3n) is 30.8. The van der Waals surface area contributed by atoms with E-state index in [1.54, 1.807) is 34.3 Å². The van der Waals surface area contributed by atoms with Gasteiger partial charge in [-0.3, -0.25) is 14.4 Å². The van der Waals surface area contributed by atoms with Crippen LogP contribution < -0.4 is 0 Å². The van der Waals surface area contributed by atoms with E-state index in [-0.39, 0.29) is 63.7 Å². The molecule has 24 atom stereocenters. The van der Waals surface area contributed by atoms with Gasteiger partial charge in [0.15, 0.2) is 11.6 Å². The van der Waals surface area contributed by atoms with Crippen LogP contribution in [-0.2, 0) is 27.5 Å². The number of carbonyl (C=O) groups excluding carboxylic acids is 3. The van der Waals surface area contributed by atoms with Crippen molar-refractivity contribution in [3.05, 3.63) is 24.8 Å². The fraction of sp³-hybridized carbons (Fsp3) is 0.909. The number of Topliss-reactive ketones (excluding diaryl/α,β-unsaturated/α-hetero) is 3. The molecule has 0 amide bonds. The van der Waals surface area contributed by atoms with E-state index in [0.29, 0.717) is 81.6 Å². The Hall–Kier alpha value is -2.35. The Morgan fingerprint density at radius 3 is 1.10 bits per heavy atom. The number of carbonyl (C=O) groups is 3. The molecule has 0 aliphatic heterocycles. The second-order valence-corrected chi connectivity index (χ2v) is 34.6. The molecule has 12 aliphatic rings. The smallest absolute Gasteiger partial charge is 0.159 e. The van der Waals surface area contributed by atoms with Crippen molar-refractivity contribution in [3.63, 3.8) is 0 Å². The minimum atomic E-state index is -0.467. The van der Waals surface area contributed by atoms with E-state index in [2.05, 4.69) is 98.8 Å². The molecule has 0 unspecified atom stereocenters. The summed E-state index contributed by atoms with van der Waals surface area (Å²) in [6.45, 7) is 21.4. The van der Waals surface area contributed by atoms with Crippen LogP contribution in [0.4, 0.5) is 0 Å². The van der Waals surface area contributed by atoms with Crippen molar-refractivity contribution in [2.45, 2.75) is 315 Å². The average Bonchev–Trinajstić information content (AvgIpc) is 1.16. The molecule has 2 heterocycles. The van der Waals surface area contributed by atoms with Gasteiger partial charge in [-0.05, 0) is 317 Å². The first-order chi connectivity index (χ1) is 40.9. The van der Waals surface area contributed by atoms with E-state index in [1.807, 2.05) is 0 Å². The van der Waals surface area contributed by atoms with Crippen LogP contribution in [0.5, 0.6) is 0 Å². The molecule has 0 radical (unpaired) electrons. The molecular weight excluding hydrogens is 1180 g/mol. The molecule has 90 heavy (non-hydrogen) atoms. The molecule has 3 N–H and O–H groups in total. The molecule has 12 nitrogen and oxygen atoms in total. The van der Waals surface area contributed by atoms with Gasteiger partial charge in [-0.2, -0.15) is 15.0 Å². The maximum Gasteiger partial charge on any atom is 0.159 e. The largest absolute Gasteiger partial charge is 0.390 e. The highest BCUT2D eigenvalue weighted by molar-refractivity contribution is 9.09. The molecule has 12 saturated carbocycles. The van der Waals surface area contributed by atoms with Crippen LogP contribution in [0.25, 0.3) is 0 Å². The Morgan fingerprint density at radius 1 is 0.433 bits per heavy atom. The van der Waals surface area contributed by atoms with Crippen molar-refractivity contribution in [1.29, 1.82) is 0 Å². The van der Waals surface area contributed by atoms with Crippen LogP contribution >= 0.6 is 15.9 Å². The Balaban J connectivity index is 0.000000171. The number of ketones is 3. The standard InChI is InChI=1S/2C25H39N3O2.C23H37BrO2.4CH4/c1-4-25-12-11-23(2,30)15-17(25)5-6-18-19-7-8-21(24(19,3)10-9-20(18)25)22(29)16-28-14-13-26-27-28;1-4-25-12-11-23(2,30)15-17(25)5-6-18-19-7-8-21(24(19,3)10-9-20(18)25)22(29)16-28-26-13-14-27-28;1-4-23-12-11-21(2,26)13-15(23)5-6-16-17-7-8-19(20(25)14-24)22(17,3)10-9-18(16)23;;;;/h2*13-14,17-21,30H,4-12,15-16H2,1-3H3;15-19,26H,4-14H2,1-3H3;4*1H4/t2*17-,18-,19-,20-,21+,23+,24-,25-;15-,16-,17-,18-,19+,21+,22-,23-;;;;/m000..../s1. The fourth-order valence-corrected chi connectivity index (χ4v) is 27.1. The first-order valence-corrected chi connectivity index (χ1v) is 37.0. The molecule has 2 aromatic heterocycles. The first-order valence-electron chi connectivity index (χ1n) is 35.8. The van der Waals surface area contributed by atoms with E-state index in [0.717, 1.165) is 99.2 Å². The minimum absolute atomic E-state index is 0. The molecule has 13 heteroatoms. The molecule has 0 saturated heterocycles. The summed E-state index contributed by atoms with van der Waals surface area (Å²) in [7, 11) is 0. The van der Waals surface area contributed by atoms with Gasteiger partial charge in [0, 0.05) is 24.0 Å². The fourth-order valence-electron chi connectivity index (χ4n) is 26.7. The first kappa shape index (κ1) is 73.5. The van der Waals surface area contributed by atoms with Crippen LogP contribution in [0.2, 0.25) is 0 Å². The molecule has 0 spiro atoms. The number of aliphatic hydroxyl groups is 3. The predicted molar refractivity (Wildman–Crippen MR) is 367 cm³/mol. The topological polar surface area (TPSA) is 173 Å². The molecule has 2 aromatic rings. The lowest BCUT2D eigenvalue weighted by Gasteiger charge is -2.63. The maximum atomic E-state index is 13.2. The van der Waals surface area contributed by atoms with Gasteiger partial charge >= 0.3 is 0 Å². The highest BCUT2D eigenvalue weighted by Crippen LogP contribution is 2.73. The average molecular weight is 1320 g/mol. The lowest BCUT2D eigenvalue weighted by molar-refractivity contribution is -0.158. The van der Waals surface area contributed by atoms with Crippen molar-refractivity contribution >= 4 is 33.3 Å². The van der Waals surface area contributed by atoms with Crippen LogP contribution in [0, 0.1) is 121 Å². The second kappa shape index (κ2) is 27.3. The van der Waals surface area contributed by atoms with Crippen LogP contribution in [0.15, 0.2) is 24.8 Å². The van der Waals surface area contributed by atoms with Gasteiger partial charge in [-0.25, -0.2) is 4.68 Å². The lowest BCUT2D eigenvalue weighted by atomic mass is 9.42. The molecule has 12 aliphatic carbocycles. The third kappa shape index (κ3) is 12.4. The Kier molecular flexibility index (Phi) is 22.3. The zero-order valence-electron chi connectivity index (χ0n) is 54.9. The Bertz CT molecular complexity index is 2600. The summed E-state index contributed by atoms with van der Waals surface area (Å²) in [5.74, 6) is 10.7. The molecule has 0 aromatic carbocycles. The number of fused-ring (bicyclic) bond motifs is 15. The molecule has 14 rings (SSSR count). The highest BCUT2D eigenvalue weighted by atomic mass is 79.9. The maximum absolute atomic E-state index is 13.2. The van der Waals surface area contributed by atoms with Crippen molar-refractivity contribution < 1.29 is 29.7 Å². The van der Waals surface area contributed by atoms with Gasteiger partial charge in [0.2, 0.25) is 0 Å². The van der Waals surface area contributed by atoms with Crippen LogP contribution in [-0.4, -0.2) is 84.8 Å². The zero-order chi connectivity index (χ0) is 61.0. The summed E-state index contributed by atoms with van der Waals surface area (Å²) in [5.41, 5.74) is 0.478. The third-order valence-corrected chi connectivity index (χ3v) is 31.3. The highest BCUT2D eigenvalue weighted by Gasteiger charge is 2.66. The summed E-state index contributed by atoms with van der Waals surface area (Å²) in [6, 6.07) is 0. The minimum Gasteiger partial charge on any atom is -0.390 e. The van der Waals surface area contributed by atoms with E-state index in [1.165, 1.54) is 135 Å².